The second kappa shape index (κ2) is 9.00. The van der Waals surface area contributed by atoms with E-state index in [-0.39, 0.29) is 12.0 Å². The zero-order valence-corrected chi connectivity index (χ0v) is 18.2. The molecule has 1 atom stereocenters. The van der Waals surface area contributed by atoms with Crippen LogP contribution in [0.5, 0.6) is 11.5 Å². The minimum atomic E-state index is 0.0120. The monoisotopic (exact) mass is 426 g/mol. The third-order valence-corrected chi connectivity index (χ3v) is 5.73. The topological polar surface area (TPSA) is 42.0 Å². The van der Waals surface area contributed by atoms with Crippen molar-refractivity contribution in [2.45, 2.75) is 26.4 Å². The van der Waals surface area contributed by atoms with E-state index in [9.17, 15) is 4.79 Å². The Balaban J connectivity index is 1.41. The van der Waals surface area contributed by atoms with Crippen LogP contribution in [0.3, 0.4) is 0 Å². The van der Waals surface area contributed by atoms with Gasteiger partial charge in [0, 0.05) is 60.5 Å². The number of benzene rings is 2. The molecule has 2 heterocycles. The van der Waals surface area contributed by atoms with Crippen molar-refractivity contribution in [2.24, 2.45) is 0 Å². The zero-order valence-electron chi connectivity index (χ0n) is 17.4. The summed E-state index contributed by atoms with van der Waals surface area (Å²) in [5, 5.41) is 0.728. The number of carbonyl (C=O) groups excluding carboxylic acids is 1. The standard InChI is InChI=1S/C24H27ClN2O3/c1-3-29-22-15-19-13-17(2)30-23(19)14-18(22)7-8-24(28)27-11-9-26(10-12-27)21-6-4-5-20(25)16-21/h4-8,14-17H,3,9-13H2,1-2H3/b8-7+. The highest BCUT2D eigenvalue weighted by Gasteiger charge is 2.22. The van der Waals surface area contributed by atoms with Crippen molar-refractivity contribution in [1.82, 2.24) is 4.90 Å². The molecule has 2 aromatic carbocycles. The van der Waals surface area contributed by atoms with Crippen LogP contribution in [0.1, 0.15) is 25.0 Å². The second-order valence-corrected chi connectivity index (χ2v) is 8.13. The van der Waals surface area contributed by atoms with Crippen LogP contribution in [0.4, 0.5) is 5.69 Å². The van der Waals surface area contributed by atoms with Crippen LogP contribution in [0.15, 0.2) is 42.5 Å². The minimum Gasteiger partial charge on any atom is -0.493 e. The smallest absolute Gasteiger partial charge is 0.246 e. The number of piperazine rings is 1. The first-order chi connectivity index (χ1) is 14.5. The van der Waals surface area contributed by atoms with Gasteiger partial charge in [-0.1, -0.05) is 17.7 Å². The molecule has 2 aliphatic heterocycles. The molecule has 0 N–H and O–H groups in total. The molecule has 1 unspecified atom stereocenters. The van der Waals surface area contributed by atoms with Gasteiger partial charge in [-0.15, -0.1) is 0 Å². The van der Waals surface area contributed by atoms with Gasteiger partial charge in [-0.2, -0.15) is 0 Å². The molecule has 1 saturated heterocycles. The average molecular weight is 427 g/mol. The van der Waals surface area contributed by atoms with Gasteiger partial charge in [-0.05, 0) is 50.3 Å². The molecule has 1 fully saturated rings. The van der Waals surface area contributed by atoms with Crippen molar-refractivity contribution < 1.29 is 14.3 Å². The first-order valence-corrected chi connectivity index (χ1v) is 10.8. The van der Waals surface area contributed by atoms with Gasteiger partial charge in [0.05, 0.1) is 6.61 Å². The number of anilines is 1. The lowest BCUT2D eigenvalue weighted by Gasteiger charge is -2.35. The van der Waals surface area contributed by atoms with Crippen LogP contribution in [0.2, 0.25) is 5.02 Å². The van der Waals surface area contributed by atoms with Crippen molar-refractivity contribution in [3.8, 4) is 11.5 Å². The van der Waals surface area contributed by atoms with Crippen molar-refractivity contribution in [1.29, 1.82) is 0 Å². The summed E-state index contributed by atoms with van der Waals surface area (Å²) in [6, 6.07) is 11.9. The van der Waals surface area contributed by atoms with Gasteiger partial charge in [0.25, 0.3) is 0 Å². The van der Waals surface area contributed by atoms with E-state index in [0.29, 0.717) is 19.7 Å². The van der Waals surface area contributed by atoms with Gasteiger partial charge in [-0.25, -0.2) is 0 Å². The lowest BCUT2D eigenvalue weighted by atomic mass is 10.1. The number of rotatable bonds is 5. The van der Waals surface area contributed by atoms with Gasteiger partial charge in [0.15, 0.2) is 0 Å². The Morgan fingerprint density at radius 1 is 1.23 bits per heavy atom. The minimum absolute atomic E-state index is 0.0120. The molecule has 0 spiro atoms. The molecule has 30 heavy (non-hydrogen) atoms. The summed E-state index contributed by atoms with van der Waals surface area (Å²) in [6.07, 6.45) is 4.53. The van der Waals surface area contributed by atoms with E-state index < -0.39 is 0 Å². The maximum atomic E-state index is 12.8. The number of fused-ring (bicyclic) bond motifs is 1. The average Bonchev–Trinajstić information content (AvgIpc) is 3.11. The van der Waals surface area contributed by atoms with Gasteiger partial charge >= 0.3 is 0 Å². The fraction of sp³-hybridized carbons (Fsp3) is 0.375. The van der Waals surface area contributed by atoms with Gasteiger partial charge < -0.3 is 19.3 Å². The van der Waals surface area contributed by atoms with Gasteiger partial charge in [-0.3, -0.25) is 4.79 Å². The number of ether oxygens (including phenoxy) is 2. The van der Waals surface area contributed by atoms with Gasteiger partial charge in [0.1, 0.15) is 17.6 Å². The van der Waals surface area contributed by atoms with Crippen LogP contribution in [-0.4, -0.2) is 49.7 Å². The normalized spacial score (nSPS) is 18.4. The predicted octanol–water partition coefficient (Wildman–Crippen LogP) is 4.42. The molecule has 0 aliphatic carbocycles. The Hall–Kier alpha value is -2.66. The number of hydrogen-bond donors (Lipinski definition) is 0. The Kier molecular flexibility index (Phi) is 6.18. The molecule has 6 heteroatoms. The third kappa shape index (κ3) is 4.57. The zero-order chi connectivity index (χ0) is 21.1. The van der Waals surface area contributed by atoms with E-state index >= 15 is 0 Å². The predicted molar refractivity (Wildman–Crippen MR) is 121 cm³/mol. The highest BCUT2D eigenvalue weighted by Crippen LogP contribution is 2.35. The Morgan fingerprint density at radius 2 is 2.03 bits per heavy atom. The highest BCUT2D eigenvalue weighted by molar-refractivity contribution is 6.30. The fourth-order valence-electron chi connectivity index (χ4n) is 3.99. The summed E-state index contributed by atoms with van der Waals surface area (Å²) in [6.45, 7) is 7.53. The number of halogens is 1. The molecule has 5 nitrogen and oxygen atoms in total. The highest BCUT2D eigenvalue weighted by atomic mass is 35.5. The molecule has 2 aromatic rings. The molecule has 2 aliphatic rings. The van der Waals surface area contributed by atoms with Crippen LogP contribution < -0.4 is 14.4 Å². The summed E-state index contributed by atoms with van der Waals surface area (Å²) in [5.74, 6) is 1.69. The summed E-state index contributed by atoms with van der Waals surface area (Å²) < 4.78 is 11.7. The SMILES string of the molecule is CCOc1cc2c(cc1/C=C/C(=O)N1CCN(c3cccc(Cl)c3)CC1)OC(C)C2. The largest absolute Gasteiger partial charge is 0.493 e. The first kappa shape index (κ1) is 20.6. The quantitative estimate of drug-likeness (QED) is 0.663. The number of amides is 1. The van der Waals surface area contributed by atoms with E-state index in [0.717, 1.165) is 52.8 Å². The maximum Gasteiger partial charge on any atom is 0.246 e. The molecular weight excluding hydrogens is 400 g/mol. The molecule has 0 aromatic heterocycles. The summed E-state index contributed by atoms with van der Waals surface area (Å²) in [5.41, 5.74) is 3.13. The maximum absolute atomic E-state index is 12.8. The van der Waals surface area contributed by atoms with Crippen LogP contribution in [0.25, 0.3) is 6.08 Å². The summed E-state index contributed by atoms with van der Waals surface area (Å²) in [7, 11) is 0. The third-order valence-electron chi connectivity index (χ3n) is 5.50. The summed E-state index contributed by atoms with van der Waals surface area (Å²) in [4.78, 5) is 16.9. The van der Waals surface area contributed by atoms with Gasteiger partial charge in [0.2, 0.25) is 5.91 Å². The molecular formula is C24H27ClN2O3. The van der Waals surface area contributed by atoms with Crippen LogP contribution in [0, 0.1) is 0 Å². The molecule has 1 amide bonds. The molecule has 4 rings (SSSR count). The molecule has 0 bridgehead atoms. The van der Waals surface area contributed by atoms with E-state index in [4.69, 9.17) is 21.1 Å². The second-order valence-electron chi connectivity index (χ2n) is 7.69. The molecule has 0 saturated carbocycles. The van der Waals surface area contributed by atoms with E-state index in [1.165, 1.54) is 0 Å². The van der Waals surface area contributed by atoms with Crippen LogP contribution in [-0.2, 0) is 11.2 Å². The summed E-state index contributed by atoms with van der Waals surface area (Å²) >= 11 is 6.10. The van der Waals surface area contributed by atoms with Crippen molar-refractivity contribution >= 4 is 29.3 Å². The number of nitrogens with zero attached hydrogens (tertiary/aromatic N) is 2. The van der Waals surface area contributed by atoms with Crippen LogP contribution >= 0.6 is 11.6 Å². The number of hydrogen-bond acceptors (Lipinski definition) is 4. The molecule has 158 valence electrons. The van der Waals surface area contributed by atoms with Crippen molar-refractivity contribution in [3.63, 3.8) is 0 Å². The first-order valence-electron chi connectivity index (χ1n) is 10.5. The molecule has 0 radical (unpaired) electrons. The Bertz CT molecular complexity index is 951. The van der Waals surface area contributed by atoms with E-state index in [1.54, 1.807) is 6.08 Å². The van der Waals surface area contributed by atoms with E-state index in [1.807, 2.05) is 48.2 Å². The lowest BCUT2D eigenvalue weighted by Crippen LogP contribution is -2.48. The van der Waals surface area contributed by atoms with Crippen molar-refractivity contribution in [3.05, 3.63) is 58.6 Å². The number of carbonyl (C=O) groups is 1. The lowest BCUT2D eigenvalue weighted by molar-refractivity contribution is -0.126. The Labute approximate surface area is 182 Å². The van der Waals surface area contributed by atoms with E-state index in [2.05, 4.69) is 17.9 Å². The van der Waals surface area contributed by atoms with Crippen molar-refractivity contribution in [2.75, 3.05) is 37.7 Å². The Morgan fingerprint density at radius 3 is 2.77 bits per heavy atom. The fourth-order valence-corrected chi connectivity index (χ4v) is 4.17.